The van der Waals surface area contributed by atoms with Crippen LogP contribution in [0, 0.1) is 17.3 Å². The van der Waals surface area contributed by atoms with Crippen molar-refractivity contribution in [3.8, 4) is 11.1 Å². The SMILES string of the molecule is CC(C)(CCNC(=O)[C@@H]1CCC[C@@H]1CNC(=O)OCC1c2ccccc2-c2ccccc21)C(=O)O. The van der Waals surface area contributed by atoms with Crippen molar-refractivity contribution in [2.24, 2.45) is 17.3 Å². The summed E-state index contributed by atoms with van der Waals surface area (Å²) >= 11 is 0. The third-order valence-electron chi connectivity index (χ3n) is 7.48. The Morgan fingerprint density at radius 2 is 1.60 bits per heavy atom. The Labute approximate surface area is 206 Å². The van der Waals surface area contributed by atoms with E-state index < -0.39 is 17.5 Å². The van der Waals surface area contributed by atoms with E-state index in [1.54, 1.807) is 13.8 Å². The van der Waals surface area contributed by atoms with Crippen LogP contribution in [0.4, 0.5) is 4.79 Å². The number of carboxylic acids is 1. The fourth-order valence-electron chi connectivity index (χ4n) is 5.23. The van der Waals surface area contributed by atoms with Gasteiger partial charge in [-0.25, -0.2) is 4.79 Å². The van der Waals surface area contributed by atoms with Gasteiger partial charge in [-0.1, -0.05) is 55.0 Å². The first-order valence-electron chi connectivity index (χ1n) is 12.4. The van der Waals surface area contributed by atoms with Gasteiger partial charge in [0.2, 0.25) is 5.91 Å². The summed E-state index contributed by atoms with van der Waals surface area (Å²) in [6.07, 6.45) is 2.45. The second-order valence-electron chi connectivity index (χ2n) is 10.2. The molecule has 0 bridgehead atoms. The lowest BCUT2D eigenvalue weighted by atomic mass is 9.89. The Morgan fingerprint density at radius 3 is 2.23 bits per heavy atom. The molecule has 2 aromatic rings. The number of rotatable bonds is 9. The second kappa shape index (κ2) is 10.5. The van der Waals surface area contributed by atoms with E-state index in [4.69, 9.17) is 4.74 Å². The van der Waals surface area contributed by atoms with Crippen LogP contribution in [0.15, 0.2) is 48.5 Å². The number of fused-ring (bicyclic) bond motifs is 3. The molecule has 1 fully saturated rings. The highest BCUT2D eigenvalue weighted by atomic mass is 16.5. The summed E-state index contributed by atoms with van der Waals surface area (Å²) in [5.74, 6) is -1.08. The monoisotopic (exact) mass is 478 g/mol. The van der Waals surface area contributed by atoms with Gasteiger partial charge in [0.25, 0.3) is 0 Å². The van der Waals surface area contributed by atoms with E-state index in [9.17, 15) is 19.5 Å². The number of amides is 2. The molecular weight excluding hydrogens is 444 g/mol. The average Bonchev–Trinajstić information content (AvgIpc) is 3.44. The Balaban J connectivity index is 1.26. The van der Waals surface area contributed by atoms with Crippen molar-refractivity contribution in [2.45, 2.75) is 45.4 Å². The largest absolute Gasteiger partial charge is 0.481 e. The Kier molecular flexibility index (Phi) is 7.43. The molecule has 3 N–H and O–H groups in total. The number of benzene rings is 2. The zero-order valence-electron chi connectivity index (χ0n) is 20.4. The number of carbonyl (C=O) groups excluding carboxylic acids is 2. The van der Waals surface area contributed by atoms with E-state index >= 15 is 0 Å². The maximum Gasteiger partial charge on any atom is 0.407 e. The molecule has 35 heavy (non-hydrogen) atoms. The molecule has 0 aliphatic heterocycles. The standard InChI is InChI=1S/C28H34N2O5/c1-28(2,26(32)33)14-15-29-25(31)19-13-7-8-18(19)16-30-27(34)35-17-24-22-11-5-3-9-20(22)21-10-4-6-12-23(21)24/h3-6,9-12,18-19,24H,7-8,13-17H2,1-2H3,(H,29,31)(H,30,34)(H,32,33)/t18-,19-/m1/s1. The first-order valence-corrected chi connectivity index (χ1v) is 12.4. The van der Waals surface area contributed by atoms with Gasteiger partial charge in [0.15, 0.2) is 0 Å². The van der Waals surface area contributed by atoms with Crippen LogP contribution in [0.5, 0.6) is 0 Å². The molecule has 7 nitrogen and oxygen atoms in total. The van der Waals surface area contributed by atoms with Crippen LogP contribution in [0.25, 0.3) is 11.1 Å². The molecule has 0 radical (unpaired) electrons. The topological polar surface area (TPSA) is 105 Å². The Hall–Kier alpha value is -3.35. The molecule has 4 rings (SSSR count). The minimum Gasteiger partial charge on any atom is -0.481 e. The molecular formula is C28H34N2O5. The molecule has 1 saturated carbocycles. The third-order valence-corrected chi connectivity index (χ3v) is 7.48. The maximum absolute atomic E-state index is 12.7. The fraction of sp³-hybridized carbons (Fsp3) is 0.464. The lowest BCUT2D eigenvalue weighted by molar-refractivity contribution is -0.147. The predicted molar refractivity (Wildman–Crippen MR) is 133 cm³/mol. The molecule has 2 aromatic carbocycles. The molecule has 2 amide bonds. The maximum atomic E-state index is 12.7. The van der Waals surface area contributed by atoms with E-state index in [2.05, 4.69) is 34.9 Å². The molecule has 2 atom stereocenters. The van der Waals surface area contributed by atoms with Crippen molar-refractivity contribution in [3.63, 3.8) is 0 Å². The van der Waals surface area contributed by atoms with Crippen LogP contribution in [-0.2, 0) is 14.3 Å². The molecule has 2 aliphatic carbocycles. The number of carbonyl (C=O) groups is 3. The predicted octanol–water partition coefficient (Wildman–Crippen LogP) is 4.56. The molecule has 0 saturated heterocycles. The first kappa shape index (κ1) is 24.8. The van der Waals surface area contributed by atoms with Crippen LogP contribution < -0.4 is 10.6 Å². The van der Waals surface area contributed by atoms with Crippen LogP contribution in [0.3, 0.4) is 0 Å². The highest BCUT2D eigenvalue weighted by Crippen LogP contribution is 2.44. The van der Waals surface area contributed by atoms with Crippen LogP contribution in [-0.4, -0.2) is 42.8 Å². The lowest BCUT2D eigenvalue weighted by Crippen LogP contribution is -2.39. The summed E-state index contributed by atoms with van der Waals surface area (Å²) in [5, 5.41) is 15.0. The van der Waals surface area contributed by atoms with Crippen molar-refractivity contribution < 1.29 is 24.2 Å². The minimum absolute atomic E-state index is 0.00760. The van der Waals surface area contributed by atoms with Gasteiger partial charge in [-0.05, 0) is 61.3 Å². The third kappa shape index (κ3) is 5.50. The average molecular weight is 479 g/mol. The molecule has 7 heteroatoms. The summed E-state index contributed by atoms with van der Waals surface area (Å²) < 4.78 is 5.61. The number of hydrogen-bond donors (Lipinski definition) is 3. The Morgan fingerprint density at radius 1 is 0.971 bits per heavy atom. The zero-order valence-corrected chi connectivity index (χ0v) is 20.4. The zero-order chi connectivity index (χ0) is 25.0. The molecule has 186 valence electrons. The highest BCUT2D eigenvalue weighted by molar-refractivity contribution is 5.80. The molecule has 0 aromatic heterocycles. The van der Waals surface area contributed by atoms with E-state index in [0.29, 0.717) is 19.5 Å². The van der Waals surface area contributed by atoms with Gasteiger partial charge in [-0.15, -0.1) is 0 Å². The molecule has 0 heterocycles. The molecule has 2 aliphatic rings. The number of aliphatic carboxylic acids is 1. The highest BCUT2D eigenvalue weighted by Gasteiger charge is 2.34. The first-order chi connectivity index (χ1) is 16.8. The van der Waals surface area contributed by atoms with E-state index in [-0.39, 0.29) is 30.3 Å². The van der Waals surface area contributed by atoms with Gasteiger partial charge >= 0.3 is 12.1 Å². The van der Waals surface area contributed by atoms with E-state index in [1.807, 2.05) is 24.3 Å². The van der Waals surface area contributed by atoms with E-state index in [1.165, 1.54) is 22.3 Å². The number of carboxylic acid groups (broad SMARTS) is 1. The van der Waals surface area contributed by atoms with Crippen molar-refractivity contribution >= 4 is 18.0 Å². The van der Waals surface area contributed by atoms with Crippen LogP contribution in [0.2, 0.25) is 0 Å². The van der Waals surface area contributed by atoms with Crippen LogP contribution in [0.1, 0.15) is 56.6 Å². The fourth-order valence-corrected chi connectivity index (χ4v) is 5.23. The molecule has 0 unspecified atom stereocenters. The van der Waals surface area contributed by atoms with E-state index in [0.717, 1.165) is 19.3 Å². The summed E-state index contributed by atoms with van der Waals surface area (Å²) in [4.78, 5) is 36.4. The van der Waals surface area contributed by atoms with Gasteiger partial charge in [-0.3, -0.25) is 9.59 Å². The smallest absolute Gasteiger partial charge is 0.407 e. The molecule has 0 spiro atoms. The lowest BCUT2D eigenvalue weighted by Gasteiger charge is -2.22. The quantitative estimate of drug-likeness (QED) is 0.490. The van der Waals surface area contributed by atoms with Crippen molar-refractivity contribution in [3.05, 3.63) is 59.7 Å². The van der Waals surface area contributed by atoms with Crippen molar-refractivity contribution in [2.75, 3.05) is 19.7 Å². The number of nitrogens with one attached hydrogen (secondary N) is 2. The summed E-state index contributed by atoms with van der Waals surface area (Å²) in [5.41, 5.74) is 3.82. The summed E-state index contributed by atoms with van der Waals surface area (Å²) in [7, 11) is 0. The van der Waals surface area contributed by atoms with Gasteiger partial charge in [0.1, 0.15) is 6.61 Å². The van der Waals surface area contributed by atoms with Gasteiger partial charge in [0.05, 0.1) is 5.41 Å². The Bertz CT molecular complexity index is 1050. The van der Waals surface area contributed by atoms with Crippen molar-refractivity contribution in [1.82, 2.24) is 10.6 Å². The number of ether oxygens (including phenoxy) is 1. The van der Waals surface area contributed by atoms with Crippen LogP contribution >= 0.6 is 0 Å². The van der Waals surface area contributed by atoms with Gasteiger partial charge in [-0.2, -0.15) is 0 Å². The van der Waals surface area contributed by atoms with Gasteiger partial charge in [0, 0.05) is 24.9 Å². The minimum atomic E-state index is -0.881. The number of hydrogen-bond acceptors (Lipinski definition) is 4. The van der Waals surface area contributed by atoms with Crippen molar-refractivity contribution in [1.29, 1.82) is 0 Å². The normalized spacial score (nSPS) is 19.0. The van der Waals surface area contributed by atoms with Gasteiger partial charge < -0.3 is 20.5 Å². The summed E-state index contributed by atoms with van der Waals surface area (Å²) in [6, 6.07) is 16.4. The summed E-state index contributed by atoms with van der Waals surface area (Å²) in [6.45, 7) is 4.26. The number of alkyl carbamates (subject to hydrolysis) is 1. The second-order valence-corrected chi connectivity index (χ2v) is 10.2.